The van der Waals surface area contributed by atoms with Crippen LogP contribution in [-0.4, -0.2) is 63.3 Å². The molecule has 0 bridgehead atoms. The number of nitrogens with zero attached hydrogens (tertiary/aromatic N) is 4. The number of imidazole rings is 1. The molecule has 2 atom stereocenters. The topological polar surface area (TPSA) is 118 Å². The number of rotatable bonds is 10. The van der Waals surface area contributed by atoms with Crippen molar-refractivity contribution in [3.8, 4) is 11.3 Å². The molecule has 2 aromatic heterocycles. The van der Waals surface area contributed by atoms with Crippen molar-refractivity contribution in [2.24, 2.45) is 0 Å². The van der Waals surface area contributed by atoms with E-state index in [2.05, 4.69) is 17.0 Å². The van der Waals surface area contributed by atoms with Gasteiger partial charge in [-0.15, -0.1) is 0 Å². The highest BCUT2D eigenvalue weighted by Gasteiger charge is 2.35. The Labute approximate surface area is 219 Å². The average molecular weight is 530 g/mol. The van der Waals surface area contributed by atoms with Gasteiger partial charge in [-0.05, 0) is 31.4 Å². The molecule has 0 radical (unpaired) electrons. The molecule has 1 amide bonds. The Kier molecular flexibility index (Phi) is 8.50. The van der Waals surface area contributed by atoms with Gasteiger partial charge < -0.3 is 20.1 Å². The van der Waals surface area contributed by atoms with Crippen LogP contribution in [0.3, 0.4) is 0 Å². The van der Waals surface area contributed by atoms with Crippen molar-refractivity contribution in [3.63, 3.8) is 0 Å². The second kappa shape index (κ2) is 11.8. The fourth-order valence-corrected chi connectivity index (χ4v) is 4.84. The largest absolute Gasteiger partial charge is 0.467 e. The quantitative estimate of drug-likeness (QED) is 0.306. The molecule has 37 heavy (non-hydrogen) atoms. The SMILES string of the molecule is CCCCCn1c(N2CCC[C@H]2C(=O)NC(CO)C(=O)OC)cc(=O)n2cc(-c3ccc(Cl)cc3)nc12. The number of carbonyl (C=O) groups is 2. The third-order valence-electron chi connectivity index (χ3n) is 6.66. The number of nitrogens with one attached hydrogen (secondary N) is 1. The predicted molar refractivity (Wildman–Crippen MR) is 141 cm³/mol. The molecule has 0 saturated carbocycles. The van der Waals surface area contributed by atoms with E-state index in [0.29, 0.717) is 41.8 Å². The number of methoxy groups -OCH3 is 1. The minimum absolute atomic E-state index is 0.252. The van der Waals surface area contributed by atoms with Crippen LogP contribution in [0.5, 0.6) is 0 Å². The van der Waals surface area contributed by atoms with Crippen LogP contribution >= 0.6 is 11.6 Å². The molecule has 11 heteroatoms. The first-order chi connectivity index (χ1) is 17.9. The number of carbonyl (C=O) groups excluding carboxylic acids is 2. The van der Waals surface area contributed by atoms with E-state index in [-0.39, 0.29) is 5.56 Å². The number of ether oxygens (including phenoxy) is 1. The Morgan fingerprint density at radius 2 is 2.03 bits per heavy atom. The Balaban J connectivity index is 1.75. The highest BCUT2D eigenvalue weighted by molar-refractivity contribution is 6.30. The van der Waals surface area contributed by atoms with Gasteiger partial charge in [0.25, 0.3) is 5.56 Å². The van der Waals surface area contributed by atoms with Crippen molar-refractivity contribution in [3.05, 3.63) is 51.9 Å². The zero-order valence-corrected chi connectivity index (χ0v) is 21.8. The van der Waals surface area contributed by atoms with E-state index < -0.39 is 30.6 Å². The van der Waals surface area contributed by atoms with Crippen molar-refractivity contribution in [2.75, 3.05) is 25.2 Å². The van der Waals surface area contributed by atoms with E-state index in [1.165, 1.54) is 11.5 Å². The minimum atomic E-state index is -1.15. The second-order valence-electron chi connectivity index (χ2n) is 9.12. The maximum Gasteiger partial charge on any atom is 0.330 e. The first-order valence-electron chi connectivity index (χ1n) is 12.5. The van der Waals surface area contributed by atoms with Crippen molar-refractivity contribution in [2.45, 2.75) is 57.7 Å². The number of amides is 1. The Morgan fingerprint density at radius 3 is 2.70 bits per heavy atom. The number of hydrogen-bond acceptors (Lipinski definition) is 7. The fourth-order valence-electron chi connectivity index (χ4n) is 4.72. The number of aliphatic hydroxyl groups excluding tert-OH is 1. The number of aryl methyl sites for hydroxylation is 1. The van der Waals surface area contributed by atoms with Gasteiger partial charge in [0, 0.05) is 35.9 Å². The fraction of sp³-hybridized carbons (Fsp3) is 0.462. The molecular weight excluding hydrogens is 498 g/mol. The number of fused-ring (bicyclic) bond motifs is 1. The van der Waals surface area contributed by atoms with Crippen LogP contribution in [0.2, 0.25) is 5.02 Å². The van der Waals surface area contributed by atoms with Gasteiger partial charge in [-0.3, -0.25) is 18.6 Å². The van der Waals surface area contributed by atoms with Gasteiger partial charge in [0.1, 0.15) is 11.9 Å². The number of aliphatic hydroxyl groups is 1. The zero-order chi connectivity index (χ0) is 26.5. The number of anilines is 1. The Morgan fingerprint density at radius 1 is 1.27 bits per heavy atom. The summed E-state index contributed by atoms with van der Waals surface area (Å²) in [7, 11) is 1.20. The van der Waals surface area contributed by atoms with E-state index in [9.17, 15) is 19.5 Å². The molecule has 1 aliphatic rings. The summed E-state index contributed by atoms with van der Waals surface area (Å²) < 4.78 is 8.19. The van der Waals surface area contributed by atoms with Crippen molar-refractivity contribution < 1.29 is 19.4 Å². The number of halogens is 1. The second-order valence-corrected chi connectivity index (χ2v) is 9.56. The molecule has 1 saturated heterocycles. The van der Waals surface area contributed by atoms with Crippen molar-refractivity contribution in [1.82, 2.24) is 19.3 Å². The first kappa shape index (κ1) is 26.7. The number of benzene rings is 1. The Bertz CT molecular complexity index is 1320. The van der Waals surface area contributed by atoms with E-state index in [1.54, 1.807) is 24.4 Å². The summed E-state index contributed by atoms with van der Waals surface area (Å²) in [6.45, 7) is 2.74. The monoisotopic (exact) mass is 529 g/mol. The standard InChI is InChI=1S/C26H32ClN5O5/c1-3-4-5-12-31-22(30-13-6-7-21(30)24(35)28-20(16-33)25(36)37-2)14-23(34)32-15-19(29-26(31)32)17-8-10-18(27)11-9-17/h8-11,14-15,20-21,33H,3-7,12-13,16H2,1-2H3,(H,28,35)/t20?,21-/m0/s1. The average Bonchev–Trinajstić information content (AvgIpc) is 3.57. The Hall–Kier alpha value is -3.37. The summed E-state index contributed by atoms with van der Waals surface area (Å²) in [6.07, 6.45) is 5.91. The molecule has 3 aromatic rings. The van der Waals surface area contributed by atoms with Crippen LogP contribution in [0.1, 0.15) is 39.0 Å². The molecule has 1 unspecified atom stereocenters. The number of hydrogen-bond donors (Lipinski definition) is 2. The van der Waals surface area contributed by atoms with E-state index in [1.807, 2.05) is 21.6 Å². The molecule has 0 spiro atoms. The van der Waals surface area contributed by atoms with Crippen LogP contribution in [0, 0.1) is 0 Å². The van der Waals surface area contributed by atoms with Gasteiger partial charge in [-0.1, -0.05) is 43.5 Å². The van der Waals surface area contributed by atoms with Gasteiger partial charge in [-0.25, -0.2) is 9.78 Å². The highest BCUT2D eigenvalue weighted by Crippen LogP contribution is 2.28. The number of aromatic nitrogens is 3. The van der Waals surface area contributed by atoms with Crippen LogP contribution in [0.25, 0.3) is 17.0 Å². The van der Waals surface area contributed by atoms with E-state index in [4.69, 9.17) is 16.6 Å². The highest BCUT2D eigenvalue weighted by atomic mass is 35.5. The van der Waals surface area contributed by atoms with E-state index in [0.717, 1.165) is 31.2 Å². The predicted octanol–water partition coefficient (Wildman–Crippen LogP) is 2.63. The summed E-state index contributed by atoms with van der Waals surface area (Å²) >= 11 is 6.04. The lowest BCUT2D eigenvalue weighted by atomic mass is 10.2. The minimum Gasteiger partial charge on any atom is -0.467 e. The molecular formula is C26H32ClN5O5. The summed E-state index contributed by atoms with van der Waals surface area (Å²) in [6, 6.07) is 7.06. The number of esters is 1. The maximum atomic E-state index is 13.2. The van der Waals surface area contributed by atoms with Crippen molar-refractivity contribution >= 4 is 35.1 Å². The third kappa shape index (κ3) is 5.65. The van der Waals surface area contributed by atoms with Crippen LogP contribution in [0.15, 0.2) is 41.3 Å². The maximum absolute atomic E-state index is 13.2. The molecule has 1 aromatic carbocycles. The lowest BCUT2D eigenvalue weighted by molar-refractivity contribution is -0.146. The molecule has 4 rings (SSSR count). The molecule has 1 aliphatic heterocycles. The van der Waals surface area contributed by atoms with Crippen molar-refractivity contribution in [1.29, 1.82) is 0 Å². The van der Waals surface area contributed by atoms with Crippen LogP contribution < -0.4 is 15.8 Å². The molecule has 1 fully saturated rings. The lowest BCUT2D eigenvalue weighted by Gasteiger charge is -2.29. The molecule has 0 aliphatic carbocycles. The van der Waals surface area contributed by atoms with Gasteiger partial charge in [0.15, 0.2) is 6.04 Å². The number of unbranched alkanes of at least 4 members (excludes halogenated alkanes) is 2. The molecule has 3 heterocycles. The van der Waals surface area contributed by atoms with Gasteiger partial charge in [0.2, 0.25) is 11.7 Å². The molecule has 10 nitrogen and oxygen atoms in total. The van der Waals surface area contributed by atoms with Gasteiger partial charge in [0.05, 0.1) is 19.4 Å². The summed E-state index contributed by atoms with van der Waals surface area (Å²) in [4.78, 5) is 45.0. The summed E-state index contributed by atoms with van der Waals surface area (Å²) in [5.74, 6) is -0.0134. The first-order valence-corrected chi connectivity index (χ1v) is 12.9. The van der Waals surface area contributed by atoms with E-state index >= 15 is 0 Å². The normalized spacial score (nSPS) is 16.2. The molecule has 198 valence electrons. The lowest BCUT2D eigenvalue weighted by Crippen LogP contribution is -2.51. The summed E-state index contributed by atoms with van der Waals surface area (Å²) in [5, 5.41) is 12.7. The van der Waals surface area contributed by atoms with Crippen LogP contribution in [-0.2, 0) is 20.9 Å². The van der Waals surface area contributed by atoms with Gasteiger partial charge in [-0.2, -0.15) is 0 Å². The zero-order valence-electron chi connectivity index (χ0n) is 21.0. The smallest absolute Gasteiger partial charge is 0.330 e. The third-order valence-corrected chi connectivity index (χ3v) is 6.91. The van der Waals surface area contributed by atoms with Crippen LogP contribution in [0.4, 0.5) is 5.82 Å². The summed E-state index contributed by atoms with van der Waals surface area (Å²) in [5.41, 5.74) is 1.23. The van der Waals surface area contributed by atoms with Gasteiger partial charge >= 0.3 is 5.97 Å². The molecule has 2 N–H and O–H groups in total.